The Morgan fingerprint density at radius 3 is 2.67 bits per heavy atom. The first-order valence-corrected chi connectivity index (χ1v) is 8.51. The first-order chi connectivity index (χ1) is 11.2. The van der Waals surface area contributed by atoms with Crippen molar-refractivity contribution in [2.75, 3.05) is 18.4 Å². The fraction of sp³-hybridized carbons (Fsp3) is 0.556. The largest absolute Gasteiger partial charge is 0.460 e. The molecule has 1 atom stereocenters. The van der Waals surface area contributed by atoms with Gasteiger partial charge in [-0.3, -0.25) is 4.79 Å². The molecule has 24 heavy (non-hydrogen) atoms. The number of ether oxygens (including phenoxy) is 1. The zero-order valence-corrected chi connectivity index (χ0v) is 15.5. The summed E-state index contributed by atoms with van der Waals surface area (Å²) in [6.07, 6.45) is 1.26. The highest BCUT2D eigenvalue weighted by Crippen LogP contribution is 2.21. The number of benzene rings is 1. The van der Waals surface area contributed by atoms with Crippen LogP contribution in [0.5, 0.6) is 0 Å². The van der Waals surface area contributed by atoms with Crippen LogP contribution < -0.4 is 10.6 Å². The fourth-order valence-corrected chi connectivity index (χ4v) is 2.37. The lowest BCUT2D eigenvalue weighted by Gasteiger charge is -2.24. The SMILES string of the molecule is CCCNC[C@H](CC(=O)OC(C)(C)C)Nc1ccc(C#N)c(Cl)c1. The molecule has 1 rings (SSSR count). The lowest BCUT2D eigenvalue weighted by Crippen LogP contribution is -2.37. The van der Waals surface area contributed by atoms with Crippen molar-refractivity contribution in [3.8, 4) is 6.07 Å². The van der Waals surface area contributed by atoms with E-state index in [2.05, 4.69) is 17.6 Å². The van der Waals surface area contributed by atoms with Crippen molar-refractivity contribution in [2.45, 2.75) is 52.2 Å². The molecule has 2 N–H and O–H groups in total. The first kappa shape index (κ1) is 20.3. The van der Waals surface area contributed by atoms with E-state index in [0.29, 0.717) is 17.1 Å². The molecule has 1 aromatic rings. The molecule has 0 fully saturated rings. The summed E-state index contributed by atoms with van der Waals surface area (Å²) in [6, 6.07) is 7.04. The minimum Gasteiger partial charge on any atom is -0.460 e. The number of nitrogens with one attached hydrogen (secondary N) is 2. The van der Waals surface area contributed by atoms with Gasteiger partial charge in [-0.05, 0) is 51.9 Å². The Bertz CT molecular complexity index is 591. The summed E-state index contributed by atoms with van der Waals surface area (Å²) >= 11 is 6.06. The molecule has 0 aliphatic heterocycles. The van der Waals surface area contributed by atoms with E-state index >= 15 is 0 Å². The van der Waals surface area contributed by atoms with Gasteiger partial charge in [0.15, 0.2) is 0 Å². The van der Waals surface area contributed by atoms with Crippen LogP contribution in [0.4, 0.5) is 5.69 Å². The zero-order chi connectivity index (χ0) is 18.2. The number of anilines is 1. The highest BCUT2D eigenvalue weighted by molar-refractivity contribution is 6.32. The topological polar surface area (TPSA) is 74.2 Å². The van der Waals surface area contributed by atoms with Crippen molar-refractivity contribution in [3.63, 3.8) is 0 Å². The molecule has 0 spiro atoms. The number of nitriles is 1. The Morgan fingerprint density at radius 2 is 2.12 bits per heavy atom. The van der Waals surface area contributed by atoms with Crippen LogP contribution in [0.3, 0.4) is 0 Å². The maximum Gasteiger partial charge on any atom is 0.308 e. The molecule has 0 heterocycles. The Morgan fingerprint density at radius 1 is 1.42 bits per heavy atom. The van der Waals surface area contributed by atoms with Crippen LogP contribution in [0.25, 0.3) is 0 Å². The number of carbonyl (C=O) groups excluding carboxylic acids is 1. The molecular weight excluding hydrogens is 326 g/mol. The Hall–Kier alpha value is -1.77. The second kappa shape index (κ2) is 9.51. The molecule has 0 aromatic heterocycles. The lowest BCUT2D eigenvalue weighted by atomic mass is 10.1. The van der Waals surface area contributed by atoms with Crippen LogP contribution in [0, 0.1) is 11.3 Å². The van der Waals surface area contributed by atoms with E-state index in [-0.39, 0.29) is 18.4 Å². The van der Waals surface area contributed by atoms with E-state index in [1.54, 1.807) is 18.2 Å². The number of hydrogen-bond donors (Lipinski definition) is 2. The molecule has 0 amide bonds. The smallest absolute Gasteiger partial charge is 0.308 e. The van der Waals surface area contributed by atoms with Crippen molar-refractivity contribution in [3.05, 3.63) is 28.8 Å². The first-order valence-electron chi connectivity index (χ1n) is 8.14. The Balaban J connectivity index is 2.76. The number of carbonyl (C=O) groups is 1. The monoisotopic (exact) mass is 351 g/mol. The number of hydrogen-bond acceptors (Lipinski definition) is 5. The van der Waals surface area contributed by atoms with Crippen molar-refractivity contribution < 1.29 is 9.53 Å². The highest BCUT2D eigenvalue weighted by atomic mass is 35.5. The van der Waals surface area contributed by atoms with E-state index < -0.39 is 5.60 Å². The minimum absolute atomic E-state index is 0.129. The van der Waals surface area contributed by atoms with E-state index in [4.69, 9.17) is 21.6 Å². The number of halogens is 1. The van der Waals surface area contributed by atoms with Gasteiger partial charge in [0.2, 0.25) is 0 Å². The second-order valence-electron chi connectivity index (χ2n) is 6.64. The van der Waals surface area contributed by atoms with Gasteiger partial charge in [0, 0.05) is 18.3 Å². The Labute approximate surface area is 149 Å². The predicted octanol–water partition coefficient (Wildman–Crippen LogP) is 3.72. The van der Waals surface area contributed by atoms with Gasteiger partial charge in [-0.1, -0.05) is 18.5 Å². The van der Waals surface area contributed by atoms with Gasteiger partial charge >= 0.3 is 5.97 Å². The third-order valence-electron chi connectivity index (χ3n) is 3.11. The van der Waals surface area contributed by atoms with Gasteiger partial charge in [-0.25, -0.2) is 0 Å². The number of esters is 1. The van der Waals surface area contributed by atoms with Gasteiger partial charge in [0.1, 0.15) is 11.7 Å². The highest BCUT2D eigenvalue weighted by Gasteiger charge is 2.20. The molecule has 0 unspecified atom stereocenters. The maximum absolute atomic E-state index is 12.1. The molecule has 1 aromatic carbocycles. The van der Waals surface area contributed by atoms with E-state index in [1.807, 2.05) is 26.8 Å². The second-order valence-corrected chi connectivity index (χ2v) is 7.05. The molecule has 0 radical (unpaired) electrons. The van der Waals surface area contributed by atoms with Crippen LogP contribution in [0.1, 0.15) is 46.1 Å². The van der Waals surface area contributed by atoms with E-state index in [1.165, 1.54) is 0 Å². The van der Waals surface area contributed by atoms with Crippen molar-refractivity contribution in [2.24, 2.45) is 0 Å². The zero-order valence-electron chi connectivity index (χ0n) is 14.8. The molecule has 5 nitrogen and oxygen atoms in total. The predicted molar refractivity (Wildman–Crippen MR) is 97.2 cm³/mol. The standard InChI is InChI=1S/C18H26ClN3O2/c1-5-8-21-12-15(10-17(23)24-18(2,3)4)22-14-7-6-13(11-20)16(19)9-14/h6-7,9,15,21-22H,5,8,10,12H2,1-4H3/t15-/m0/s1. The van der Waals surface area contributed by atoms with E-state index in [9.17, 15) is 4.79 Å². The summed E-state index contributed by atoms with van der Waals surface area (Å²) in [5.41, 5.74) is 0.692. The average Bonchev–Trinajstić information content (AvgIpc) is 2.45. The van der Waals surface area contributed by atoms with Crippen LogP contribution >= 0.6 is 11.6 Å². The molecule has 132 valence electrons. The van der Waals surface area contributed by atoms with Crippen molar-refractivity contribution in [1.82, 2.24) is 5.32 Å². The van der Waals surface area contributed by atoms with Crippen LogP contribution in [-0.4, -0.2) is 30.7 Å². The van der Waals surface area contributed by atoms with Gasteiger partial charge in [0.05, 0.1) is 17.0 Å². The molecule has 0 bridgehead atoms. The van der Waals surface area contributed by atoms with E-state index in [0.717, 1.165) is 18.7 Å². The average molecular weight is 352 g/mol. The maximum atomic E-state index is 12.1. The van der Waals surface area contributed by atoms with Gasteiger partial charge in [-0.2, -0.15) is 5.26 Å². The summed E-state index contributed by atoms with van der Waals surface area (Å²) < 4.78 is 5.40. The third kappa shape index (κ3) is 7.67. The molecule has 0 saturated heterocycles. The summed E-state index contributed by atoms with van der Waals surface area (Å²) in [4.78, 5) is 12.1. The summed E-state index contributed by atoms with van der Waals surface area (Å²) in [5.74, 6) is -0.252. The molecule has 0 aliphatic rings. The van der Waals surface area contributed by atoms with Crippen LogP contribution in [0.15, 0.2) is 18.2 Å². The number of rotatable bonds is 8. The van der Waals surface area contributed by atoms with Gasteiger partial charge in [0.25, 0.3) is 0 Å². The third-order valence-corrected chi connectivity index (χ3v) is 3.42. The van der Waals surface area contributed by atoms with Gasteiger partial charge in [-0.15, -0.1) is 0 Å². The molecule has 0 aliphatic carbocycles. The normalized spacial score (nSPS) is 12.3. The lowest BCUT2D eigenvalue weighted by molar-refractivity contribution is -0.155. The quantitative estimate of drug-likeness (QED) is 0.551. The van der Waals surface area contributed by atoms with Gasteiger partial charge < -0.3 is 15.4 Å². The molecule has 6 heteroatoms. The van der Waals surface area contributed by atoms with Crippen LogP contribution in [0.2, 0.25) is 5.02 Å². The summed E-state index contributed by atoms with van der Waals surface area (Å²) in [7, 11) is 0. The summed E-state index contributed by atoms with van der Waals surface area (Å²) in [6.45, 7) is 9.14. The van der Waals surface area contributed by atoms with Crippen molar-refractivity contribution >= 4 is 23.3 Å². The van der Waals surface area contributed by atoms with Crippen LogP contribution in [-0.2, 0) is 9.53 Å². The number of nitrogens with zero attached hydrogens (tertiary/aromatic N) is 1. The summed E-state index contributed by atoms with van der Waals surface area (Å²) in [5, 5.41) is 15.9. The minimum atomic E-state index is -0.504. The Kier molecular flexibility index (Phi) is 8.03. The van der Waals surface area contributed by atoms with Crippen molar-refractivity contribution in [1.29, 1.82) is 5.26 Å². The molecule has 0 saturated carbocycles. The molecular formula is C18H26ClN3O2. The fourth-order valence-electron chi connectivity index (χ4n) is 2.14.